The second-order valence-electron chi connectivity index (χ2n) is 3.16. The highest BCUT2D eigenvalue weighted by molar-refractivity contribution is 9.10. The number of pyridine rings is 2. The van der Waals surface area contributed by atoms with Gasteiger partial charge in [0.25, 0.3) is 0 Å². The average molecular weight is 276 g/mol. The lowest BCUT2D eigenvalue weighted by Gasteiger charge is -2.05. The van der Waals surface area contributed by atoms with Crippen LogP contribution in [0.2, 0.25) is 0 Å². The van der Waals surface area contributed by atoms with Gasteiger partial charge in [0.1, 0.15) is 5.52 Å². The molecule has 4 heteroatoms. The Kier molecular flexibility index (Phi) is 3.37. The maximum Gasteiger partial charge on any atom is 0.112 e. The number of halogens is 1. The van der Waals surface area contributed by atoms with Crippen molar-refractivity contribution in [2.75, 3.05) is 11.9 Å². The van der Waals surface area contributed by atoms with E-state index in [0.29, 0.717) is 6.54 Å². The molecule has 0 bridgehead atoms. The molecule has 2 rings (SSSR count). The van der Waals surface area contributed by atoms with Crippen LogP contribution in [0.4, 0.5) is 5.69 Å². The van der Waals surface area contributed by atoms with Gasteiger partial charge in [-0.2, -0.15) is 0 Å². The van der Waals surface area contributed by atoms with Crippen LogP contribution in [0.25, 0.3) is 11.0 Å². The van der Waals surface area contributed by atoms with Crippen LogP contribution in [-0.2, 0) is 0 Å². The average Bonchev–Trinajstić information content (AvgIpc) is 2.29. The summed E-state index contributed by atoms with van der Waals surface area (Å²) >= 11 is 3.38. The van der Waals surface area contributed by atoms with Gasteiger partial charge in [0, 0.05) is 16.9 Å². The first-order valence-electron chi connectivity index (χ1n) is 4.85. The van der Waals surface area contributed by atoms with Crippen LogP contribution >= 0.6 is 15.9 Å². The first-order valence-corrected chi connectivity index (χ1v) is 5.64. The summed E-state index contributed by atoms with van der Waals surface area (Å²) in [4.78, 5) is 8.60. The molecule has 0 saturated heterocycles. The number of fused-ring (bicyclic) bond motifs is 1. The van der Waals surface area contributed by atoms with Crippen molar-refractivity contribution in [2.24, 2.45) is 0 Å². The summed E-state index contributed by atoms with van der Waals surface area (Å²) in [6, 6.07) is 3.85. The molecule has 0 radical (unpaired) electrons. The lowest BCUT2D eigenvalue weighted by atomic mass is 10.3. The molecule has 0 aliphatic carbocycles. The molecule has 3 nitrogen and oxygen atoms in total. The number of nitrogens with one attached hydrogen (secondary N) is 1. The first-order chi connectivity index (χ1) is 7.81. The number of nitrogens with zero attached hydrogens (tertiary/aromatic N) is 2. The molecule has 0 aliphatic rings. The molecule has 0 aromatic carbocycles. The van der Waals surface area contributed by atoms with Gasteiger partial charge in [-0.25, -0.2) is 0 Å². The molecule has 0 amide bonds. The minimum absolute atomic E-state index is 0.618. The molecule has 0 spiro atoms. The standard InChI is InChI=1S/C12H10BrN3/c1-2-3-5-14-10-4-6-15-11-7-9(13)8-16-12(10)11/h4,6-8H,5H2,1H3,(H,14,15). The van der Waals surface area contributed by atoms with Gasteiger partial charge >= 0.3 is 0 Å². The molecule has 16 heavy (non-hydrogen) atoms. The van der Waals surface area contributed by atoms with E-state index in [1.165, 1.54) is 0 Å². The topological polar surface area (TPSA) is 37.8 Å². The Morgan fingerprint density at radius 2 is 2.31 bits per heavy atom. The van der Waals surface area contributed by atoms with Gasteiger partial charge in [0.05, 0.1) is 17.7 Å². The lowest BCUT2D eigenvalue weighted by molar-refractivity contribution is 1.29. The van der Waals surface area contributed by atoms with Gasteiger partial charge in [-0.1, -0.05) is 5.92 Å². The number of aromatic nitrogens is 2. The van der Waals surface area contributed by atoms with Crippen LogP contribution in [0.1, 0.15) is 6.92 Å². The van der Waals surface area contributed by atoms with Crippen LogP contribution in [0.5, 0.6) is 0 Å². The van der Waals surface area contributed by atoms with Crippen molar-refractivity contribution in [1.82, 2.24) is 9.97 Å². The molecule has 0 unspecified atom stereocenters. The first kappa shape index (κ1) is 10.9. The minimum atomic E-state index is 0.618. The smallest absolute Gasteiger partial charge is 0.112 e. The Balaban J connectivity index is 2.40. The molecule has 0 atom stereocenters. The second kappa shape index (κ2) is 4.95. The Labute approximate surface area is 102 Å². The van der Waals surface area contributed by atoms with E-state index in [-0.39, 0.29) is 0 Å². The van der Waals surface area contributed by atoms with E-state index in [4.69, 9.17) is 0 Å². The summed E-state index contributed by atoms with van der Waals surface area (Å²) in [7, 11) is 0. The van der Waals surface area contributed by atoms with Crippen molar-refractivity contribution in [3.8, 4) is 11.8 Å². The molecule has 1 N–H and O–H groups in total. The van der Waals surface area contributed by atoms with Gasteiger partial charge in [0.15, 0.2) is 0 Å². The molecule has 2 aromatic heterocycles. The summed E-state index contributed by atoms with van der Waals surface area (Å²) in [5.41, 5.74) is 2.69. The zero-order valence-corrected chi connectivity index (χ0v) is 10.4. The van der Waals surface area contributed by atoms with Crippen molar-refractivity contribution in [3.05, 3.63) is 29.0 Å². The maximum absolute atomic E-state index is 4.34. The molecule has 0 aliphatic heterocycles. The number of hydrogen-bond acceptors (Lipinski definition) is 3. The van der Waals surface area contributed by atoms with Crippen molar-refractivity contribution < 1.29 is 0 Å². The fourth-order valence-corrected chi connectivity index (χ4v) is 1.70. The molecular weight excluding hydrogens is 266 g/mol. The van der Waals surface area contributed by atoms with E-state index in [2.05, 4.69) is 43.1 Å². The number of hydrogen-bond donors (Lipinski definition) is 1. The van der Waals surface area contributed by atoms with Gasteiger partial charge < -0.3 is 5.32 Å². The Bertz CT molecular complexity index is 569. The monoisotopic (exact) mass is 275 g/mol. The fourth-order valence-electron chi connectivity index (χ4n) is 1.38. The zero-order chi connectivity index (χ0) is 11.4. The zero-order valence-electron chi connectivity index (χ0n) is 8.79. The summed E-state index contributed by atoms with van der Waals surface area (Å²) < 4.78 is 0.929. The van der Waals surface area contributed by atoms with E-state index in [9.17, 15) is 0 Å². The van der Waals surface area contributed by atoms with E-state index in [1.54, 1.807) is 12.4 Å². The third-order valence-corrected chi connectivity index (χ3v) is 2.52. The van der Waals surface area contributed by atoms with Gasteiger partial charge in [-0.15, -0.1) is 5.92 Å². The molecule has 0 fully saturated rings. The van der Waals surface area contributed by atoms with Crippen LogP contribution in [-0.4, -0.2) is 16.5 Å². The maximum atomic E-state index is 4.34. The van der Waals surface area contributed by atoms with E-state index < -0.39 is 0 Å². The number of anilines is 1. The molecule has 0 saturated carbocycles. The predicted octanol–water partition coefficient (Wildman–Crippen LogP) is 2.83. The summed E-state index contributed by atoms with van der Waals surface area (Å²) in [6.45, 7) is 2.44. The summed E-state index contributed by atoms with van der Waals surface area (Å²) in [6.07, 6.45) is 3.53. The Morgan fingerprint density at radius 1 is 1.44 bits per heavy atom. The Hall–Kier alpha value is -1.60. The minimum Gasteiger partial charge on any atom is -0.372 e. The SMILES string of the molecule is CC#CCNc1ccnc2cc(Br)cnc12. The number of rotatable bonds is 2. The fraction of sp³-hybridized carbons (Fsp3) is 0.167. The second-order valence-corrected chi connectivity index (χ2v) is 4.08. The van der Waals surface area contributed by atoms with Crippen LogP contribution in [0, 0.1) is 11.8 Å². The largest absolute Gasteiger partial charge is 0.372 e. The highest BCUT2D eigenvalue weighted by atomic mass is 79.9. The van der Waals surface area contributed by atoms with Crippen LogP contribution in [0.15, 0.2) is 29.0 Å². The van der Waals surface area contributed by atoms with Gasteiger partial charge in [-0.3, -0.25) is 9.97 Å². The quantitative estimate of drug-likeness (QED) is 0.857. The highest BCUT2D eigenvalue weighted by Gasteiger charge is 2.02. The molecular formula is C12H10BrN3. The third kappa shape index (κ3) is 2.31. The predicted molar refractivity (Wildman–Crippen MR) is 69.2 cm³/mol. The van der Waals surface area contributed by atoms with Crippen molar-refractivity contribution in [3.63, 3.8) is 0 Å². The van der Waals surface area contributed by atoms with Crippen LogP contribution < -0.4 is 5.32 Å². The molecule has 2 heterocycles. The highest BCUT2D eigenvalue weighted by Crippen LogP contribution is 2.21. The summed E-state index contributed by atoms with van der Waals surface area (Å²) in [5.74, 6) is 5.79. The van der Waals surface area contributed by atoms with Gasteiger partial charge in [-0.05, 0) is 35.0 Å². The van der Waals surface area contributed by atoms with E-state index in [0.717, 1.165) is 21.2 Å². The normalized spacial score (nSPS) is 9.62. The lowest BCUT2D eigenvalue weighted by Crippen LogP contribution is -2.00. The van der Waals surface area contributed by atoms with Crippen molar-refractivity contribution >= 4 is 32.7 Å². The summed E-state index contributed by atoms with van der Waals surface area (Å²) in [5, 5.41) is 3.22. The van der Waals surface area contributed by atoms with E-state index in [1.807, 2.05) is 19.1 Å². The Morgan fingerprint density at radius 3 is 3.12 bits per heavy atom. The van der Waals surface area contributed by atoms with Crippen molar-refractivity contribution in [2.45, 2.75) is 6.92 Å². The van der Waals surface area contributed by atoms with Crippen LogP contribution in [0.3, 0.4) is 0 Å². The third-order valence-electron chi connectivity index (χ3n) is 2.09. The molecule has 80 valence electrons. The molecule has 2 aromatic rings. The van der Waals surface area contributed by atoms with Gasteiger partial charge in [0.2, 0.25) is 0 Å². The van der Waals surface area contributed by atoms with Crippen molar-refractivity contribution in [1.29, 1.82) is 0 Å². The van der Waals surface area contributed by atoms with E-state index >= 15 is 0 Å².